The summed E-state index contributed by atoms with van der Waals surface area (Å²) in [5.74, 6) is -0.595. The Labute approximate surface area is 161 Å². The van der Waals surface area contributed by atoms with E-state index in [2.05, 4.69) is 31.3 Å². The number of aryl methyl sites for hydroxylation is 1. The Morgan fingerprint density at radius 1 is 1.10 bits per heavy atom. The molecule has 29 heavy (non-hydrogen) atoms. The fourth-order valence-corrected chi connectivity index (χ4v) is 2.23. The molecule has 0 aliphatic carbocycles. The molecule has 1 amide bonds. The van der Waals surface area contributed by atoms with Gasteiger partial charge in [0.25, 0.3) is 11.6 Å². The van der Waals surface area contributed by atoms with E-state index in [1.807, 2.05) is 0 Å². The van der Waals surface area contributed by atoms with Gasteiger partial charge in [-0.1, -0.05) is 11.2 Å². The average Bonchev–Trinajstić information content (AvgIpc) is 3.10. The molecule has 0 radical (unpaired) electrons. The summed E-state index contributed by atoms with van der Waals surface area (Å²) < 4.78 is 4.88. The smallest absolute Gasteiger partial charge is 0.355 e. The van der Waals surface area contributed by atoms with Gasteiger partial charge < -0.3 is 9.84 Å². The second kappa shape index (κ2) is 7.95. The van der Waals surface area contributed by atoms with Gasteiger partial charge in [0.1, 0.15) is 12.1 Å². The molecule has 1 aromatic carbocycles. The Bertz CT molecular complexity index is 1100. The summed E-state index contributed by atoms with van der Waals surface area (Å²) in [4.78, 5) is 40.7. The van der Waals surface area contributed by atoms with E-state index >= 15 is 0 Å². The molecular formula is C15H12N8O6. The van der Waals surface area contributed by atoms with Crippen LogP contribution in [0, 0.1) is 27.2 Å². The van der Waals surface area contributed by atoms with Gasteiger partial charge >= 0.3 is 5.69 Å². The molecule has 0 saturated carbocycles. The maximum Gasteiger partial charge on any atom is 0.355 e. The van der Waals surface area contributed by atoms with E-state index in [1.54, 1.807) is 6.92 Å². The van der Waals surface area contributed by atoms with Crippen LogP contribution in [0.2, 0.25) is 0 Å². The van der Waals surface area contributed by atoms with Crippen molar-refractivity contribution < 1.29 is 19.2 Å². The minimum Gasteiger partial charge on any atom is -0.360 e. The highest BCUT2D eigenvalue weighted by atomic mass is 16.6. The van der Waals surface area contributed by atoms with Gasteiger partial charge in [0.05, 0.1) is 9.85 Å². The maximum absolute atomic E-state index is 12.2. The van der Waals surface area contributed by atoms with E-state index < -0.39 is 21.4 Å². The van der Waals surface area contributed by atoms with Crippen LogP contribution in [0.3, 0.4) is 0 Å². The topological polar surface area (TPSA) is 191 Å². The number of nitrogens with zero attached hydrogens (tertiary/aromatic N) is 5. The van der Waals surface area contributed by atoms with Crippen molar-refractivity contribution in [2.45, 2.75) is 6.92 Å². The predicted molar refractivity (Wildman–Crippen MR) is 97.4 cm³/mol. The Morgan fingerprint density at radius 2 is 1.86 bits per heavy atom. The number of hydrogen-bond acceptors (Lipinski definition) is 11. The largest absolute Gasteiger partial charge is 0.360 e. The van der Waals surface area contributed by atoms with Crippen LogP contribution >= 0.6 is 0 Å². The molecule has 2 aromatic heterocycles. The number of anilines is 3. The third kappa shape index (κ3) is 4.38. The molecule has 14 heteroatoms. The molecule has 3 rings (SSSR count). The molecule has 0 aliphatic heterocycles. The van der Waals surface area contributed by atoms with E-state index in [4.69, 9.17) is 4.52 Å². The first kappa shape index (κ1) is 19.2. The van der Waals surface area contributed by atoms with Crippen molar-refractivity contribution in [3.63, 3.8) is 0 Å². The Morgan fingerprint density at radius 3 is 2.52 bits per heavy atom. The van der Waals surface area contributed by atoms with E-state index in [0.29, 0.717) is 5.76 Å². The number of carbonyl (C=O) groups is 1. The van der Waals surface area contributed by atoms with Crippen LogP contribution < -0.4 is 16.2 Å². The molecule has 3 aromatic rings. The lowest BCUT2D eigenvalue weighted by Gasteiger charge is -2.10. The number of nitrogens with one attached hydrogen (secondary N) is 3. The van der Waals surface area contributed by atoms with Crippen LogP contribution in [0.4, 0.5) is 28.8 Å². The maximum atomic E-state index is 12.2. The number of hydrogen-bond donors (Lipinski definition) is 3. The molecule has 0 spiro atoms. The highest BCUT2D eigenvalue weighted by Crippen LogP contribution is 2.30. The summed E-state index contributed by atoms with van der Waals surface area (Å²) in [6.07, 6.45) is 1.03. The Kier molecular flexibility index (Phi) is 5.25. The quantitative estimate of drug-likeness (QED) is 0.388. The standard InChI is InChI=1S/C15H12N8O6/c1-8-5-11(21-29-8)18-13-12(23(27)28)14(17-7-16-13)19-20-15(24)9-3-2-4-10(6-9)22(25)26/h2-7H,1H3,(H,20,24)(H2,16,17,18,19,21). The van der Waals surface area contributed by atoms with Gasteiger partial charge in [-0.2, -0.15) is 0 Å². The first-order chi connectivity index (χ1) is 13.8. The summed E-state index contributed by atoms with van der Waals surface area (Å²) >= 11 is 0. The van der Waals surface area contributed by atoms with Gasteiger partial charge in [-0.25, -0.2) is 9.97 Å². The Balaban J connectivity index is 1.81. The molecular weight excluding hydrogens is 388 g/mol. The van der Waals surface area contributed by atoms with E-state index in [9.17, 15) is 25.0 Å². The van der Waals surface area contributed by atoms with Gasteiger partial charge in [0.15, 0.2) is 5.82 Å². The van der Waals surface area contributed by atoms with E-state index in [0.717, 1.165) is 12.4 Å². The van der Waals surface area contributed by atoms with Gasteiger partial charge in [-0.05, 0) is 13.0 Å². The number of nitro benzene ring substituents is 1. The number of carbonyl (C=O) groups excluding carboxylic acids is 1. The molecule has 0 atom stereocenters. The fourth-order valence-electron chi connectivity index (χ4n) is 2.23. The number of benzene rings is 1. The van der Waals surface area contributed by atoms with Crippen molar-refractivity contribution in [2.75, 3.05) is 10.7 Å². The Hall–Kier alpha value is -4.62. The zero-order chi connectivity index (χ0) is 21.0. The van der Waals surface area contributed by atoms with Crippen LogP contribution in [-0.2, 0) is 0 Å². The fraction of sp³-hybridized carbons (Fsp3) is 0.0667. The summed E-state index contributed by atoms with van der Waals surface area (Å²) in [5.41, 5.74) is 3.66. The summed E-state index contributed by atoms with van der Waals surface area (Å²) in [6.45, 7) is 1.64. The van der Waals surface area contributed by atoms with Crippen LogP contribution in [0.25, 0.3) is 0 Å². The normalized spacial score (nSPS) is 10.2. The van der Waals surface area contributed by atoms with E-state index in [1.165, 1.54) is 24.3 Å². The average molecular weight is 400 g/mol. The van der Waals surface area contributed by atoms with Crippen LogP contribution in [0.5, 0.6) is 0 Å². The molecule has 3 N–H and O–H groups in total. The number of nitro groups is 2. The first-order valence-corrected chi connectivity index (χ1v) is 7.85. The van der Waals surface area contributed by atoms with Gasteiger partial charge in [0.2, 0.25) is 11.6 Å². The molecule has 0 bridgehead atoms. The second-order valence-electron chi connectivity index (χ2n) is 5.51. The number of rotatable bonds is 7. The number of amides is 1. The van der Waals surface area contributed by atoms with Gasteiger partial charge in [-0.3, -0.25) is 35.9 Å². The van der Waals surface area contributed by atoms with Gasteiger partial charge in [-0.15, -0.1) is 0 Å². The number of hydrazine groups is 1. The molecule has 0 fully saturated rings. The molecule has 0 unspecified atom stereocenters. The molecule has 2 heterocycles. The minimum absolute atomic E-state index is 0.0279. The van der Waals surface area contributed by atoms with Crippen molar-refractivity contribution in [2.24, 2.45) is 0 Å². The van der Waals surface area contributed by atoms with E-state index in [-0.39, 0.29) is 28.7 Å². The molecule has 148 valence electrons. The number of non-ortho nitro benzene ring substituents is 1. The third-order valence-corrected chi connectivity index (χ3v) is 3.49. The summed E-state index contributed by atoms with van der Waals surface area (Å²) in [6, 6.07) is 6.47. The highest BCUT2D eigenvalue weighted by molar-refractivity contribution is 5.95. The van der Waals surface area contributed by atoms with Gasteiger partial charge in [0, 0.05) is 23.8 Å². The summed E-state index contributed by atoms with van der Waals surface area (Å²) in [7, 11) is 0. The first-order valence-electron chi connectivity index (χ1n) is 7.85. The minimum atomic E-state index is -0.761. The summed E-state index contributed by atoms with van der Waals surface area (Å²) in [5, 5.41) is 28.6. The lowest BCUT2D eigenvalue weighted by Crippen LogP contribution is -2.30. The van der Waals surface area contributed by atoms with Crippen LogP contribution in [-0.4, -0.2) is 30.9 Å². The van der Waals surface area contributed by atoms with Crippen molar-refractivity contribution in [3.05, 3.63) is 68.2 Å². The third-order valence-electron chi connectivity index (χ3n) is 3.49. The van der Waals surface area contributed by atoms with Crippen LogP contribution in [0.15, 0.2) is 41.2 Å². The zero-order valence-electron chi connectivity index (χ0n) is 14.6. The monoisotopic (exact) mass is 400 g/mol. The number of aromatic nitrogens is 3. The van der Waals surface area contributed by atoms with Crippen molar-refractivity contribution >= 4 is 34.7 Å². The van der Waals surface area contributed by atoms with Crippen LogP contribution in [0.1, 0.15) is 16.1 Å². The van der Waals surface area contributed by atoms with Crippen molar-refractivity contribution in [3.8, 4) is 0 Å². The van der Waals surface area contributed by atoms with Crippen molar-refractivity contribution in [1.29, 1.82) is 0 Å². The highest BCUT2D eigenvalue weighted by Gasteiger charge is 2.24. The lowest BCUT2D eigenvalue weighted by atomic mass is 10.2. The molecule has 0 saturated heterocycles. The SMILES string of the molecule is Cc1cc(Nc2ncnc(NNC(=O)c3cccc([N+](=O)[O-])c3)c2[N+](=O)[O-])no1. The van der Waals surface area contributed by atoms with Crippen molar-refractivity contribution in [1.82, 2.24) is 20.6 Å². The molecule has 0 aliphatic rings. The second-order valence-corrected chi connectivity index (χ2v) is 5.51. The zero-order valence-corrected chi connectivity index (χ0v) is 14.6. The lowest BCUT2D eigenvalue weighted by molar-refractivity contribution is -0.384. The predicted octanol–water partition coefficient (Wildman–Crippen LogP) is 2.09. The molecule has 14 nitrogen and oxygen atoms in total.